The minimum absolute atomic E-state index is 0.125. The third kappa shape index (κ3) is 5.04. The van der Waals surface area contributed by atoms with Crippen molar-refractivity contribution in [3.63, 3.8) is 0 Å². The summed E-state index contributed by atoms with van der Waals surface area (Å²) in [6.07, 6.45) is 1.40. The summed E-state index contributed by atoms with van der Waals surface area (Å²) in [7, 11) is 2.13. The van der Waals surface area contributed by atoms with Crippen LogP contribution in [0.15, 0.2) is 70.2 Å². The molecule has 0 spiro atoms. The maximum atomic E-state index is 10.5. The van der Waals surface area contributed by atoms with E-state index in [4.69, 9.17) is 9.25 Å². The van der Waals surface area contributed by atoms with Crippen molar-refractivity contribution in [2.75, 3.05) is 46.4 Å². The summed E-state index contributed by atoms with van der Waals surface area (Å²) >= 11 is 0. The summed E-state index contributed by atoms with van der Waals surface area (Å²) in [5, 5.41) is 16.1. The van der Waals surface area contributed by atoms with Gasteiger partial charge in [-0.2, -0.15) is 0 Å². The van der Waals surface area contributed by atoms with Gasteiger partial charge in [-0.15, -0.1) is 0 Å². The van der Waals surface area contributed by atoms with E-state index in [1.165, 1.54) is 5.56 Å². The first-order valence-corrected chi connectivity index (χ1v) is 12.3. The number of oxime groups is 1. The summed E-state index contributed by atoms with van der Waals surface area (Å²) in [5.41, 5.74) is 3.18. The van der Waals surface area contributed by atoms with Crippen LogP contribution in [0.1, 0.15) is 31.1 Å². The zero-order chi connectivity index (χ0) is 23.5. The van der Waals surface area contributed by atoms with Gasteiger partial charge in [-0.25, -0.2) is 0 Å². The highest BCUT2D eigenvalue weighted by atomic mass is 16.6. The third-order valence-corrected chi connectivity index (χ3v) is 7.42. The highest BCUT2D eigenvalue weighted by Crippen LogP contribution is 2.49. The Morgan fingerprint density at radius 1 is 1.09 bits per heavy atom. The molecule has 6 heteroatoms. The van der Waals surface area contributed by atoms with Crippen LogP contribution in [-0.2, 0) is 10.3 Å². The molecule has 6 nitrogen and oxygen atoms in total. The molecule has 2 aromatic carbocycles. The van der Waals surface area contributed by atoms with Crippen molar-refractivity contribution in [3.8, 4) is 0 Å². The van der Waals surface area contributed by atoms with Gasteiger partial charge in [-0.1, -0.05) is 60.6 Å². The fourth-order valence-electron chi connectivity index (χ4n) is 5.30. The zero-order valence-electron chi connectivity index (χ0n) is 20.2. The van der Waals surface area contributed by atoms with Crippen LogP contribution in [0.5, 0.6) is 0 Å². The Morgan fingerprint density at radius 3 is 2.53 bits per heavy atom. The first kappa shape index (κ1) is 23.1. The van der Waals surface area contributed by atoms with Crippen molar-refractivity contribution in [2.24, 2.45) is 11.1 Å². The van der Waals surface area contributed by atoms with E-state index in [1.807, 2.05) is 18.2 Å². The molecule has 1 N–H and O–H groups in total. The van der Waals surface area contributed by atoms with Crippen molar-refractivity contribution >= 4 is 16.7 Å². The predicted octanol–water partition coefficient (Wildman–Crippen LogP) is 4.13. The first-order chi connectivity index (χ1) is 16.5. The van der Waals surface area contributed by atoms with Crippen LogP contribution in [0.3, 0.4) is 0 Å². The van der Waals surface area contributed by atoms with Crippen LogP contribution in [0.2, 0.25) is 0 Å². The van der Waals surface area contributed by atoms with E-state index < -0.39 is 6.10 Å². The number of hydrogen-bond acceptors (Lipinski definition) is 6. The van der Waals surface area contributed by atoms with Crippen LogP contribution in [-0.4, -0.2) is 73.1 Å². The lowest BCUT2D eigenvalue weighted by Gasteiger charge is -2.45. The number of furan rings is 1. The molecule has 1 saturated carbocycles. The van der Waals surface area contributed by atoms with Gasteiger partial charge in [0.25, 0.3) is 0 Å². The Labute approximate surface area is 201 Å². The Morgan fingerprint density at radius 2 is 1.79 bits per heavy atom. The molecule has 0 unspecified atom stereocenters. The molecule has 1 aliphatic carbocycles. The molecule has 5 rings (SSSR count). The largest absolute Gasteiger partial charge is 0.455 e. The lowest BCUT2D eigenvalue weighted by molar-refractivity contribution is 0.00982. The highest BCUT2D eigenvalue weighted by molar-refractivity contribution is 6.03. The van der Waals surface area contributed by atoms with Crippen molar-refractivity contribution in [2.45, 2.75) is 31.3 Å². The maximum Gasteiger partial charge on any atom is 0.153 e. The van der Waals surface area contributed by atoms with E-state index in [-0.39, 0.29) is 17.9 Å². The average Bonchev–Trinajstić information content (AvgIpc) is 3.26. The number of piperazine rings is 1. The Hall–Kier alpha value is -2.67. The average molecular weight is 462 g/mol. The lowest BCUT2D eigenvalue weighted by Crippen LogP contribution is -2.47. The molecule has 180 valence electrons. The molecule has 2 fully saturated rings. The van der Waals surface area contributed by atoms with E-state index in [0.717, 1.165) is 61.5 Å². The molecule has 0 amide bonds. The summed E-state index contributed by atoms with van der Waals surface area (Å²) in [6, 6.07) is 20.8. The smallest absolute Gasteiger partial charge is 0.153 e. The number of aliphatic hydroxyl groups excluding tert-OH is 1. The highest BCUT2D eigenvalue weighted by Gasteiger charge is 2.45. The van der Waals surface area contributed by atoms with Crippen molar-refractivity contribution in [1.82, 2.24) is 9.80 Å². The number of rotatable bonds is 8. The van der Waals surface area contributed by atoms with E-state index in [0.29, 0.717) is 6.54 Å². The molecule has 2 heterocycles. The van der Waals surface area contributed by atoms with Crippen molar-refractivity contribution < 1.29 is 14.4 Å². The van der Waals surface area contributed by atoms with Crippen molar-refractivity contribution in [3.05, 3.63) is 72.0 Å². The van der Waals surface area contributed by atoms with Gasteiger partial charge in [-0.3, -0.25) is 4.90 Å². The van der Waals surface area contributed by atoms with E-state index >= 15 is 0 Å². The minimum Gasteiger partial charge on any atom is -0.455 e. The number of aliphatic hydroxyl groups is 1. The normalized spacial score (nSPS) is 25.3. The first-order valence-electron chi connectivity index (χ1n) is 12.3. The SMILES string of the molecule is CN1CCN(C[C@H](O)CO/N=C(\c2cc3ccccc3o2)C2CC(C)(c3ccccc3)C2)CC1. The third-order valence-electron chi connectivity index (χ3n) is 7.42. The molecule has 0 bridgehead atoms. The molecule has 1 aromatic heterocycles. The van der Waals surface area contributed by atoms with Gasteiger partial charge in [-0.05, 0) is 43.0 Å². The topological polar surface area (TPSA) is 61.4 Å². The van der Waals surface area contributed by atoms with E-state index in [1.54, 1.807) is 0 Å². The Balaban J connectivity index is 1.28. The quantitative estimate of drug-likeness (QED) is 0.404. The number of nitrogens with zero attached hydrogens (tertiary/aromatic N) is 3. The van der Waals surface area contributed by atoms with Gasteiger partial charge in [0.05, 0.1) is 0 Å². The van der Waals surface area contributed by atoms with Gasteiger partial charge in [0.2, 0.25) is 0 Å². The molecular weight excluding hydrogens is 426 g/mol. The van der Waals surface area contributed by atoms with Gasteiger partial charge < -0.3 is 19.3 Å². The second-order valence-corrected chi connectivity index (χ2v) is 10.2. The van der Waals surface area contributed by atoms with Crippen LogP contribution in [0.4, 0.5) is 0 Å². The van der Waals surface area contributed by atoms with Crippen LogP contribution >= 0.6 is 0 Å². The second kappa shape index (κ2) is 9.90. The summed E-state index contributed by atoms with van der Waals surface area (Å²) in [5.74, 6) is 1.01. The molecular formula is C28H35N3O3. The molecule has 1 atom stereocenters. The van der Waals surface area contributed by atoms with Crippen LogP contribution in [0.25, 0.3) is 11.0 Å². The number of fused-ring (bicyclic) bond motifs is 1. The summed E-state index contributed by atoms with van der Waals surface area (Å²) in [6.45, 7) is 7.11. The molecule has 2 aliphatic rings. The summed E-state index contributed by atoms with van der Waals surface area (Å²) in [4.78, 5) is 10.3. The van der Waals surface area contributed by atoms with Crippen LogP contribution in [0, 0.1) is 5.92 Å². The van der Waals surface area contributed by atoms with E-state index in [2.05, 4.69) is 71.4 Å². The molecule has 0 radical (unpaired) electrons. The van der Waals surface area contributed by atoms with E-state index in [9.17, 15) is 5.11 Å². The number of β-amino-alcohol motifs (C(OH)–C–C–N with tert-alkyl or cyclic N) is 1. The second-order valence-electron chi connectivity index (χ2n) is 10.2. The minimum atomic E-state index is -0.569. The Bertz CT molecular complexity index is 1080. The van der Waals surface area contributed by atoms with Gasteiger partial charge in [0.15, 0.2) is 5.76 Å². The number of para-hydroxylation sites is 1. The molecule has 34 heavy (non-hydrogen) atoms. The Kier molecular flexibility index (Phi) is 6.73. The monoisotopic (exact) mass is 461 g/mol. The number of likely N-dealkylation sites (N-methyl/N-ethyl adjacent to an activating group) is 1. The molecule has 1 saturated heterocycles. The predicted molar refractivity (Wildman–Crippen MR) is 135 cm³/mol. The summed E-state index contributed by atoms with van der Waals surface area (Å²) < 4.78 is 6.16. The fraction of sp³-hybridized carbons (Fsp3) is 0.464. The number of benzene rings is 2. The lowest BCUT2D eigenvalue weighted by atomic mass is 9.58. The number of hydrogen-bond donors (Lipinski definition) is 1. The molecule has 1 aliphatic heterocycles. The van der Waals surface area contributed by atoms with Gasteiger partial charge in [0, 0.05) is 44.0 Å². The standard InChI is InChI=1S/C28H35N3O3/c1-28(23-9-4-3-5-10-23)17-22(18-28)27(26-16-21-8-6-7-11-25(21)34-26)29-33-20-24(32)19-31-14-12-30(2)13-15-31/h3-11,16,22,24,32H,12-15,17-20H2,1-2H3/b29-27-/t22?,24-,28?/m0/s1. The van der Waals surface area contributed by atoms with Crippen LogP contribution < -0.4 is 0 Å². The van der Waals surface area contributed by atoms with Crippen molar-refractivity contribution in [1.29, 1.82) is 0 Å². The fourth-order valence-corrected chi connectivity index (χ4v) is 5.30. The van der Waals surface area contributed by atoms with Gasteiger partial charge >= 0.3 is 0 Å². The zero-order valence-corrected chi connectivity index (χ0v) is 20.2. The molecule has 3 aromatic rings. The van der Waals surface area contributed by atoms with Gasteiger partial charge in [0.1, 0.15) is 24.0 Å². The maximum absolute atomic E-state index is 10.5.